The number of carbonyl (C=O) groups excluding carboxylic acids is 2. The second-order valence-corrected chi connectivity index (χ2v) is 6.45. The first kappa shape index (κ1) is 17.5. The quantitative estimate of drug-likeness (QED) is 0.818. The van der Waals surface area contributed by atoms with E-state index in [-0.39, 0.29) is 0 Å². The number of anilines is 1. The van der Waals surface area contributed by atoms with Crippen LogP contribution in [0.25, 0.3) is 0 Å². The van der Waals surface area contributed by atoms with Crippen molar-refractivity contribution in [1.29, 1.82) is 0 Å². The smallest absolute Gasteiger partial charge is 0.313 e. The molecule has 1 aromatic rings. The van der Waals surface area contributed by atoms with Crippen molar-refractivity contribution in [3.05, 3.63) is 29.8 Å². The predicted octanol–water partition coefficient (Wildman–Crippen LogP) is 2.17. The van der Waals surface area contributed by atoms with Crippen LogP contribution in [0, 0.1) is 12.8 Å². The lowest BCUT2D eigenvalue weighted by Crippen LogP contribution is -2.41. The molecular weight excluding hydrogens is 290 g/mol. The summed E-state index contributed by atoms with van der Waals surface area (Å²) < 4.78 is 0. The van der Waals surface area contributed by atoms with E-state index in [4.69, 9.17) is 0 Å². The number of para-hydroxylation sites is 1. The first-order valence-corrected chi connectivity index (χ1v) is 8.43. The van der Waals surface area contributed by atoms with Crippen molar-refractivity contribution in [2.45, 2.75) is 33.1 Å². The number of likely N-dealkylation sites (tertiary alicyclic amines) is 1. The van der Waals surface area contributed by atoms with Crippen LogP contribution in [0.3, 0.4) is 0 Å². The summed E-state index contributed by atoms with van der Waals surface area (Å²) >= 11 is 0. The number of nitrogens with one attached hydrogen (secondary N) is 2. The highest BCUT2D eigenvalue weighted by molar-refractivity contribution is 6.39. The summed E-state index contributed by atoms with van der Waals surface area (Å²) in [7, 11) is 0. The molecule has 1 heterocycles. The zero-order valence-corrected chi connectivity index (χ0v) is 14.1. The second kappa shape index (κ2) is 8.67. The molecule has 126 valence electrons. The molecule has 0 aromatic heterocycles. The van der Waals surface area contributed by atoms with Gasteiger partial charge in [-0.3, -0.25) is 9.59 Å². The third kappa shape index (κ3) is 5.67. The third-order valence-corrected chi connectivity index (χ3v) is 4.23. The maximum atomic E-state index is 11.9. The number of amides is 2. The number of rotatable bonds is 5. The molecule has 1 saturated heterocycles. The topological polar surface area (TPSA) is 61.4 Å². The number of hydrogen-bond acceptors (Lipinski definition) is 3. The van der Waals surface area contributed by atoms with Crippen LogP contribution in [0.1, 0.15) is 31.7 Å². The van der Waals surface area contributed by atoms with Crippen molar-refractivity contribution < 1.29 is 9.59 Å². The SMILES string of the molecule is Cc1ccccc1NC(=O)C(=O)NCC(C)CN1CCCCC1. The fourth-order valence-corrected chi connectivity index (χ4v) is 2.89. The van der Waals surface area contributed by atoms with E-state index in [1.165, 1.54) is 19.3 Å². The Morgan fingerprint density at radius 1 is 1.13 bits per heavy atom. The molecule has 23 heavy (non-hydrogen) atoms. The van der Waals surface area contributed by atoms with E-state index in [0.29, 0.717) is 18.2 Å². The fraction of sp³-hybridized carbons (Fsp3) is 0.556. The van der Waals surface area contributed by atoms with E-state index in [9.17, 15) is 9.59 Å². The van der Waals surface area contributed by atoms with Gasteiger partial charge in [-0.15, -0.1) is 0 Å². The predicted molar refractivity (Wildman–Crippen MR) is 92.3 cm³/mol. The molecule has 1 aromatic carbocycles. The van der Waals surface area contributed by atoms with E-state index in [1.54, 1.807) is 6.07 Å². The minimum absolute atomic E-state index is 0.336. The lowest BCUT2D eigenvalue weighted by Gasteiger charge is -2.29. The van der Waals surface area contributed by atoms with Gasteiger partial charge in [0.2, 0.25) is 0 Å². The van der Waals surface area contributed by atoms with Gasteiger partial charge in [-0.1, -0.05) is 31.5 Å². The summed E-state index contributed by atoms with van der Waals surface area (Å²) in [5.41, 5.74) is 1.61. The molecular formula is C18H27N3O2. The highest BCUT2D eigenvalue weighted by Crippen LogP contribution is 2.13. The van der Waals surface area contributed by atoms with Gasteiger partial charge in [0.25, 0.3) is 0 Å². The molecule has 0 aliphatic carbocycles. The third-order valence-electron chi connectivity index (χ3n) is 4.23. The Labute approximate surface area is 138 Å². The van der Waals surface area contributed by atoms with Gasteiger partial charge in [0.15, 0.2) is 0 Å². The molecule has 1 unspecified atom stereocenters. The molecule has 0 radical (unpaired) electrons. The van der Waals surface area contributed by atoms with E-state index < -0.39 is 11.8 Å². The Bertz CT molecular complexity index is 539. The van der Waals surface area contributed by atoms with E-state index in [0.717, 1.165) is 25.2 Å². The molecule has 1 aliphatic heterocycles. The summed E-state index contributed by atoms with van der Waals surface area (Å²) in [5.74, 6) is -0.841. The van der Waals surface area contributed by atoms with Crippen LogP contribution in [0.4, 0.5) is 5.69 Å². The van der Waals surface area contributed by atoms with Crippen LogP contribution < -0.4 is 10.6 Å². The minimum Gasteiger partial charge on any atom is -0.348 e. The van der Waals surface area contributed by atoms with Gasteiger partial charge in [0, 0.05) is 18.8 Å². The molecule has 1 fully saturated rings. The Balaban J connectivity index is 1.73. The van der Waals surface area contributed by atoms with Crippen molar-refractivity contribution >= 4 is 17.5 Å². The number of aryl methyl sites for hydroxylation is 1. The fourth-order valence-electron chi connectivity index (χ4n) is 2.89. The van der Waals surface area contributed by atoms with Gasteiger partial charge in [-0.05, 0) is 50.4 Å². The molecule has 2 rings (SSSR count). The van der Waals surface area contributed by atoms with Crippen LogP contribution in [-0.4, -0.2) is 42.9 Å². The average Bonchev–Trinajstić information content (AvgIpc) is 2.55. The Morgan fingerprint density at radius 3 is 2.52 bits per heavy atom. The molecule has 5 heteroatoms. The van der Waals surface area contributed by atoms with Crippen molar-refractivity contribution in [3.8, 4) is 0 Å². The van der Waals surface area contributed by atoms with Gasteiger partial charge in [-0.2, -0.15) is 0 Å². The van der Waals surface area contributed by atoms with Gasteiger partial charge >= 0.3 is 11.8 Å². The van der Waals surface area contributed by atoms with Crippen LogP contribution in [0.5, 0.6) is 0 Å². The number of benzene rings is 1. The van der Waals surface area contributed by atoms with Crippen molar-refractivity contribution in [1.82, 2.24) is 10.2 Å². The van der Waals surface area contributed by atoms with Crippen LogP contribution in [0.15, 0.2) is 24.3 Å². The molecule has 0 saturated carbocycles. The average molecular weight is 317 g/mol. The maximum Gasteiger partial charge on any atom is 0.313 e. The normalized spacial score (nSPS) is 16.6. The Hall–Kier alpha value is -1.88. The molecule has 1 aliphatic rings. The molecule has 0 spiro atoms. The summed E-state index contributed by atoms with van der Waals surface area (Å²) in [6.07, 6.45) is 3.84. The zero-order valence-electron chi connectivity index (χ0n) is 14.1. The molecule has 1 atom stereocenters. The lowest BCUT2D eigenvalue weighted by molar-refractivity contribution is -0.136. The summed E-state index contributed by atoms with van der Waals surface area (Å²) in [4.78, 5) is 26.3. The lowest BCUT2D eigenvalue weighted by atomic mass is 10.1. The van der Waals surface area contributed by atoms with Crippen molar-refractivity contribution in [2.24, 2.45) is 5.92 Å². The van der Waals surface area contributed by atoms with Crippen molar-refractivity contribution in [3.63, 3.8) is 0 Å². The van der Waals surface area contributed by atoms with Crippen molar-refractivity contribution in [2.75, 3.05) is 31.5 Å². The number of hydrogen-bond donors (Lipinski definition) is 2. The zero-order chi connectivity index (χ0) is 16.7. The standard InChI is InChI=1S/C18H27N3O2/c1-14(13-21-10-6-3-7-11-21)12-19-17(22)18(23)20-16-9-5-4-8-15(16)2/h4-5,8-9,14H,3,6-7,10-13H2,1-2H3,(H,19,22)(H,20,23). The molecule has 2 amide bonds. The molecule has 2 N–H and O–H groups in total. The van der Waals surface area contributed by atoms with Gasteiger partial charge in [0.1, 0.15) is 0 Å². The van der Waals surface area contributed by atoms with Gasteiger partial charge < -0.3 is 15.5 Å². The second-order valence-electron chi connectivity index (χ2n) is 6.45. The number of piperidine rings is 1. The maximum absolute atomic E-state index is 11.9. The summed E-state index contributed by atoms with van der Waals surface area (Å²) in [5, 5.41) is 5.39. The van der Waals surface area contributed by atoms with E-state index in [2.05, 4.69) is 22.5 Å². The largest absolute Gasteiger partial charge is 0.348 e. The van der Waals surface area contributed by atoms with Gasteiger partial charge in [-0.25, -0.2) is 0 Å². The van der Waals surface area contributed by atoms with Crippen LogP contribution in [-0.2, 0) is 9.59 Å². The van der Waals surface area contributed by atoms with E-state index in [1.807, 2.05) is 25.1 Å². The number of nitrogens with zero attached hydrogens (tertiary/aromatic N) is 1. The monoisotopic (exact) mass is 317 g/mol. The Morgan fingerprint density at radius 2 is 1.83 bits per heavy atom. The van der Waals surface area contributed by atoms with Crippen LogP contribution >= 0.6 is 0 Å². The first-order valence-electron chi connectivity index (χ1n) is 8.43. The first-order chi connectivity index (χ1) is 11.1. The number of carbonyl (C=O) groups is 2. The minimum atomic E-state index is -0.607. The molecule has 5 nitrogen and oxygen atoms in total. The molecule has 0 bridgehead atoms. The highest BCUT2D eigenvalue weighted by atomic mass is 16.2. The van der Waals surface area contributed by atoms with Gasteiger partial charge in [0.05, 0.1) is 0 Å². The summed E-state index contributed by atoms with van der Waals surface area (Å²) in [6.45, 7) is 7.79. The van der Waals surface area contributed by atoms with E-state index >= 15 is 0 Å². The van der Waals surface area contributed by atoms with Crippen LogP contribution in [0.2, 0.25) is 0 Å². The Kier molecular flexibility index (Phi) is 6.59. The highest BCUT2D eigenvalue weighted by Gasteiger charge is 2.17. The summed E-state index contributed by atoms with van der Waals surface area (Å²) in [6, 6.07) is 7.42.